The van der Waals surface area contributed by atoms with E-state index in [1.54, 1.807) is 25.2 Å². The largest absolute Gasteiger partial charge is 0.493 e. The third kappa shape index (κ3) is 4.54. The van der Waals surface area contributed by atoms with Crippen LogP contribution in [0, 0.1) is 0 Å². The summed E-state index contributed by atoms with van der Waals surface area (Å²) in [5.41, 5.74) is 9.32. The highest BCUT2D eigenvalue weighted by molar-refractivity contribution is 6.19. The second kappa shape index (κ2) is 9.61. The number of carbonyl (C=O) groups excluding carboxylic acids is 2. The highest BCUT2D eigenvalue weighted by Gasteiger charge is 2.35. The third-order valence-electron chi connectivity index (χ3n) is 5.25. The zero-order chi connectivity index (χ0) is 22.5. The van der Waals surface area contributed by atoms with Gasteiger partial charge in [-0.15, -0.1) is 0 Å². The summed E-state index contributed by atoms with van der Waals surface area (Å²) in [5, 5.41) is 2.91. The molecule has 1 aliphatic heterocycles. The SMILES string of the molecule is CCC(=Nc1ccc(N(CCN)C(C)=O)cc1)C1C(=O)Nc2cc(OC)c(OC)cc21. The van der Waals surface area contributed by atoms with E-state index in [9.17, 15) is 9.59 Å². The fourth-order valence-electron chi connectivity index (χ4n) is 3.74. The van der Waals surface area contributed by atoms with E-state index in [1.807, 2.05) is 37.3 Å². The van der Waals surface area contributed by atoms with Crippen LogP contribution in [0.2, 0.25) is 0 Å². The van der Waals surface area contributed by atoms with Crippen LogP contribution in [-0.4, -0.2) is 44.8 Å². The first-order valence-electron chi connectivity index (χ1n) is 10.2. The maximum Gasteiger partial charge on any atom is 0.237 e. The molecule has 1 unspecified atom stereocenters. The molecule has 1 atom stereocenters. The molecule has 0 aromatic heterocycles. The second-order valence-electron chi connectivity index (χ2n) is 7.15. The number of anilines is 2. The molecule has 2 aromatic carbocycles. The van der Waals surface area contributed by atoms with Crippen molar-refractivity contribution in [2.24, 2.45) is 10.7 Å². The Bertz CT molecular complexity index is 1000. The molecular formula is C23H28N4O4. The topological polar surface area (TPSA) is 106 Å². The van der Waals surface area contributed by atoms with E-state index in [2.05, 4.69) is 5.32 Å². The molecule has 0 radical (unpaired) electrons. The average molecular weight is 425 g/mol. The number of hydrogen-bond donors (Lipinski definition) is 2. The molecule has 0 saturated heterocycles. The zero-order valence-corrected chi connectivity index (χ0v) is 18.3. The van der Waals surface area contributed by atoms with Gasteiger partial charge in [0.05, 0.1) is 19.9 Å². The van der Waals surface area contributed by atoms with Crippen LogP contribution in [0.15, 0.2) is 41.4 Å². The highest BCUT2D eigenvalue weighted by atomic mass is 16.5. The Morgan fingerprint density at radius 3 is 2.35 bits per heavy atom. The van der Waals surface area contributed by atoms with Gasteiger partial charge in [0.25, 0.3) is 0 Å². The van der Waals surface area contributed by atoms with Gasteiger partial charge in [0.15, 0.2) is 11.5 Å². The summed E-state index contributed by atoms with van der Waals surface area (Å²) in [4.78, 5) is 31.0. The van der Waals surface area contributed by atoms with E-state index in [0.717, 1.165) is 17.0 Å². The maximum atomic E-state index is 12.8. The van der Waals surface area contributed by atoms with Crippen LogP contribution in [0.1, 0.15) is 31.7 Å². The Morgan fingerprint density at radius 1 is 1.16 bits per heavy atom. The van der Waals surface area contributed by atoms with Crippen molar-refractivity contribution < 1.29 is 19.1 Å². The van der Waals surface area contributed by atoms with Gasteiger partial charge in [0, 0.05) is 43.2 Å². The van der Waals surface area contributed by atoms with Crippen molar-refractivity contribution in [3.05, 3.63) is 42.0 Å². The minimum Gasteiger partial charge on any atom is -0.493 e. The van der Waals surface area contributed by atoms with Crippen molar-refractivity contribution in [1.29, 1.82) is 0 Å². The lowest BCUT2D eigenvalue weighted by molar-refractivity contribution is -0.117. The summed E-state index contributed by atoms with van der Waals surface area (Å²) in [6.07, 6.45) is 0.598. The molecular weight excluding hydrogens is 396 g/mol. The van der Waals surface area contributed by atoms with Crippen LogP contribution in [0.4, 0.5) is 17.1 Å². The predicted molar refractivity (Wildman–Crippen MR) is 122 cm³/mol. The number of carbonyl (C=O) groups is 2. The minimum atomic E-state index is -0.509. The van der Waals surface area contributed by atoms with Crippen molar-refractivity contribution in [2.75, 3.05) is 37.5 Å². The van der Waals surface area contributed by atoms with Gasteiger partial charge in [-0.1, -0.05) is 6.92 Å². The van der Waals surface area contributed by atoms with Crippen molar-refractivity contribution in [1.82, 2.24) is 0 Å². The van der Waals surface area contributed by atoms with Crippen molar-refractivity contribution in [2.45, 2.75) is 26.2 Å². The summed E-state index contributed by atoms with van der Waals surface area (Å²) in [5.74, 6) is 0.408. The van der Waals surface area contributed by atoms with Crippen LogP contribution in [0.3, 0.4) is 0 Å². The molecule has 0 spiro atoms. The number of nitrogens with two attached hydrogens (primary N) is 1. The van der Waals surface area contributed by atoms with Gasteiger partial charge in [-0.2, -0.15) is 0 Å². The number of nitrogens with zero attached hydrogens (tertiary/aromatic N) is 2. The smallest absolute Gasteiger partial charge is 0.237 e. The highest BCUT2D eigenvalue weighted by Crippen LogP contribution is 2.42. The molecule has 1 aliphatic rings. The molecule has 0 fully saturated rings. The van der Waals surface area contributed by atoms with E-state index in [0.29, 0.717) is 42.4 Å². The molecule has 2 amide bonds. The molecule has 0 saturated carbocycles. The molecule has 2 aromatic rings. The van der Waals surface area contributed by atoms with Gasteiger partial charge in [-0.05, 0) is 42.3 Å². The minimum absolute atomic E-state index is 0.0699. The van der Waals surface area contributed by atoms with Gasteiger partial charge < -0.3 is 25.4 Å². The first-order valence-corrected chi connectivity index (χ1v) is 10.2. The number of amides is 2. The van der Waals surface area contributed by atoms with E-state index in [1.165, 1.54) is 6.92 Å². The molecule has 8 nitrogen and oxygen atoms in total. The Labute approximate surface area is 182 Å². The fraction of sp³-hybridized carbons (Fsp3) is 0.348. The van der Waals surface area contributed by atoms with Gasteiger partial charge in [0.1, 0.15) is 5.92 Å². The van der Waals surface area contributed by atoms with Crippen LogP contribution >= 0.6 is 0 Å². The molecule has 1 heterocycles. The summed E-state index contributed by atoms with van der Waals surface area (Å²) in [7, 11) is 3.12. The average Bonchev–Trinajstić information content (AvgIpc) is 3.09. The molecule has 3 N–H and O–H groups in total. The number of benzene rings is 2. The summed E-state index contributed by atoms with van der Waals surface area (Å²) < 4.78 is 10.7. The predicted octanol–water partition coefficient (Wildman–Crippen LogP) is 3.23. The van der Waals surface area contributed by atoms with E-state index in [4.69, 9.17) is 20.2 Å². The molecule has 0 aliphatic carbocycles. The van der Waals surface area contributed by atoms with Crippen LogP contribution in [0.5, 0.6) is 11.5 Å². The summed E-state index contributed by atoms with van der Waals surface area (Å²) >= 11 is 0. The van der Waals surface area contributed by atoms with E-state index < -0.39 is 5.92 Å². The van der Waals surface area contributed by atoms with Crippen LogP contribution in [-0.2, 0) is 9.59 Å². The number of fused-ring (bicyclic) bond motifs is 1. The number of hydrogen-bond acceptors (Lipinski definition) is 6. The van der Waals surface area contributed by atoms with E-state index >= 15 is 0 Å². The van der Waals surface area contributed by atoms with Crippen LogP contribution < -0.4 is 25.4 Å². The Balaban J connectivity index is 1.94. The third-order valence-corrected chi connectivity index (χ3v) is 5.25. The van der Waals surface area contributed by atoms with Gasteiger partial charge >= 0.3 is 0 Å². The Morgan fingerprint density at radius 2 is 1.81 bits per heavy atom. The first-order chi connectivity index (χ1) is 14.9. The summed E-state index contributed by atoms with van der Waals surface area (Å²) in [6, 6.07) is 10.9. The zero-order valence-electron chi connectivity index (χ0n) is 18.3. The van der Waals surface area contributed by atoms with Crippen molar-refractivity contribution in [3.63, 3.8) is 0 Å². The molecule has 8 heteroatoms. The molecule has 164 valence electrons. The number of nitrogens with one attached hydrogen (secondary N) is 1. The lowest BCUT2D eigenvalue weighted by Gasteiger charge is -2.20. The van der Waals surface area contributed by atoms with Gasteiger partial charge in [-0.25, -0.2) is 0 Å². The lowest BCUT2D eigenvalue weighted by Crippen LogP contribution is -2.33. The van der Waals surface area contributed by atoms with Crippen LogP contribution in [0.25, 0.3) is 0 Å². The summed E-state index contributed by atoms with van der Waals surface area (Å²) in [6.45, 7) is 4.31. The normalized spacial score (nSPS) is 15.3. The number of aliphatic imine (C=N–C) groups is 1. The quantitative estimate of drug-likeness (QED) is 0.633. The number of ether oxygens (including phenoxy) is 2. The molecule has 3 rings (SSSR count). The number of rotatable bonds is 8. The maximum absolute atomic E-state index is 12.8. The standard InChI is InChI=1S/C23H28N4O4/c1-5-18(25-15-6-8-16(9-7-15)27(11-10-24)14(2)28)22-17-12-20(30-3)21(31-4)13-19(17)26-23(22)29/h6-9,12-13,22H,5,10-11,24H2,1-4H3,(H,26,29). The van der Waals surface area contributed by atoms with Crippen molar-refractivity contribution in [3.8, 4) is 11.5 Å². The molecule has 0 bridgehead atoms. The first kappa shape index (κ1) is 22.3. The Kier molecular flexibility index (Phi) is 6.91. The van der Waals surface area contributed by atoms with Gasteiger partial charge in [-0.3, -0.25) is 14.6 Å². The lowest BCUT2D eigenvalue weighted by atomic mass is 9.93. The fourth-order valence-corrected chi connectivity index (χ4v) is 3.74. The monoisotopic (exact) mass is 424 g/mol. The number of methoxy groups -OCH3 is 2. The second-order valence-corrected chi connectivity index (χ2v) is 7.15. The molecule has 31 heavy (non-hydrogen) atoms. The van der Waals surface area contributed by atoms with E-state index in [-0.39, 0.29) is 11.8 Å². The van der Waals surface area contributed by atoms with Crippen molar-refractivity contribution >= 4 is 34.6 Å². The Hall–Kier alpha value is -3.39. The van der Waals surface area contributed by atoms with Gasteiger partial charge in [0.2, 0.25) is 11.8 Å².